The van der Waals surface area contributed by atoms with E-state index in [1.54, 1.807) is 4.31 Å². The van der Waals surface area contributed by atoms with E-state index in [9.17, 15) is 8.42 Å². The Balaban J connectivity index is 1.26. The van der Waals surface area contributed by atoms with E-state index in [4.69, 9.17) is 0 Å². The van der Waals surface area contributed by atoms with Crippen LogP contribution in [0.5, 0.6) is 0 Å². The second kappa shape index (κ2) is 7.62. The fraction of sp³-hybridized carbons (Fsp3) is 0.727. The highest BCUT2D eigenvalue weighted by molar-refractivity contribution is 7.91. The minimum absolute atomic E-state index is 0.0706. The number of rotatable bonds is 2. The van der Waals surface area contributed by atoms with Crippen molar-refractivity contribution in [2.75, 3.05) is 17.4 Å². The molecular formula is C22H33N3O2S. The second-order valence-electron chi connectivity index (χ2n) is 9.29. The van der Waals surface area contributed by atoms with Crippen molar-refractivity contribution in [3.8, 4) is 0 Å². The minimum Gasteiger partial charge on any atom is -0.300 e. The molecule has 28 heavy (non-hydrogen) atoms. The highest BCUT2D eigenvalue weighted by Crippen LogP contribution is 2.42. The largest absolute Gasteiger partial charge is 0.302 e. The summed E-state index contributed by atoms with van der Waals surface area (Å²) in [7, 11) is -3.43. The van der Waals surface area contributed by atoms with Crippen LogP contribution in [0.1, 0.15) is 63.4 Å². The smallest absolute Gasteiger partial charge is 0.300 e. The molecule has 0 bridgehead atoms. The molecule has 1 aromatic rings. The van der Waals surface area contributed by atoms with Crippen LogP contribution in [0.25, 0.3) is 0 Å². The van der Waals surface area contributed by atoms with Gasteiger partial charge in [0.2, 0.25) is 0 Å². The maximum absolute atomic E-state index is 12.8. The van der Waals surface area contributed by atoms with E-state index in [1.807, 2.05) is 24.3 Å². The quantitative estimate of drug-likeness (QED) is 0.820. The molecule has 1 N–H and O–H groups in total. The number of nitrogens with one attached hydrogen (secondary N) is 1. The van der Waals surface area contributed by atoms with Gasteiger partial charge in [0.1, 0.15) is 0 Å². The summed E-state index contributed by atoms with van der Waals surface area (Å²) in [6, 6.07) is 8.72. The van der Waals surface area contributed by atoms with E-state index in [1.165, 1.54) is 44.9 Å². The molecule has 2 aliphatic heterocycles. The Kier molecular flexibility index (Phi) is 5.14. The van der Waals surface area contributed by atoms with Crippen LogP contribution in [0.2, 0.25) is 0 Å². The van der Waals surface area contributed by atoms with Gasteiger partial charge in [-0.25, -0.2) is 0 Å². The third-order valence-corrected chi connectivity index (χ3v) is 9.31. The van der Waals surface area contributed by atoms with E-state index in [0.29, 0.717) is 6.54 Å². The van der Waals surface area contributed by atoms with E-state index in [2.05, 4.69) is 9.62 Å². The van der Waals surface area contributed by atoms with Crippen LogP contribution < -0.4 is 9.03 Å². The van der Waals surface area contributed by atoms with Crippen molar-refractivity contribution in [3.05, 3.63) is 29.8 Å². The fourth-order valence-electron chi connectivity index (χ4n) is 6.30. The van der Waals surface area contributed by atoms with E-state index < -0.39 is 10.2 Å². The van der Waals surface area contributed by atoms with E-state index in [-0.39, 0.29) is 6.04 Å². The molecule has 1 saturated heterocycles. The summed E-state index contributed by atoms with van der Waals surface area (Å²) in [5, 5.41) is 0. The standard InChI is InChI=1S/C22H33N3O2S/c26-28(27)23-16-19-7-3-4-8-22(19)25(28)20-11-13-24(14-12-20)21-10-9-17-5-1-2-6-18(17)15-21/h3-4,7-8,17-18,20-21,23H,1-2,5-6,9-16H2. The van der Waals surface area contributed by atoms with Crippen molar-refractivity contribution in [3.63, 3.8) is 0 Å². The van der Waals surface area contributed by atoms with Gasteiger partial charge >= 0.3 is 10.2 Å². The Hall–Kier alpha value is -1.11. The van der Waals surface area contributed by atoms with Crippen LogP contribution in [0.15, 0.2) is 24.3 Å². The number of nitrogens with zero attached hydrogens (tertiary/aromatic N) is 2. The van der Waals surface area contributed by atoms with E-state index >= 15 is 0 Å². The van der Waals surface area contributed by atoms with Gasteiger partial charge in [-0.05, 0) is 55.6 Å². The van der Waals surface area contributed by atoms with Gasteiger partial charge in [-0.3, -0.25) is 4.31 Å². The average Bonchev–Trinajstić information content (AvgIpc) is 2.73. The molecule has 3 atom stereocenters. The number of benzene rings is 1. The van der Waals surface area contributed by atoms with Crippen LogP contribution in [0.4, 0.5) is 5.69 Å². The first kappa shape index (κ1) is 18.9. The van der Waals surface area contributed by atoms with Crippen molar-refractivity contribution >= 4 is 15.9 Å². The average molecular weight is 404 g/mol. The maximum Gasteiger partial charge on any atom is 0.302 e. The topological polar surface area (TPSA) is 52.7 Å². The number of piperidine rings is 1. The van der Waals surface area contributed by atoms with Crippen LogP contribution in [0, 0.1) is 11.8 Å². The highest BCUT2D eigenvalue weighted by atomic mass is 32.2. The summed E-state index contributed by atoms with van der Waals surface area (Å²) in [5.74, 6) is 1.94. The maximum atomic E-state index is 12.8. The lowest BCUT2D eigenvalue weighted by Gasteiger charge is -2.47. The molecule has 2 saturated carbocycles. The summed E-state index contributed by atoms with van der Waals surface area (Å²) >= 11 is 0. The predicted octanol–water partition coefficient (Wildman–Crippen LogP) is 3.66. The molecule has 2 aliphatic carbocycles. The fourth-order valence-corrected chi connectivity index (χ4v) is 7.82. The Labute approximate surface area is 169 Å². The lowest BCUT2D eigenvalue weighted by Crippen LogP contribution is -2.55. The zero-order valence-electron chi connectivity index (χ0n) is 16.7. The molecular weight excluding hydrogens is 370 g/mol. The summed E-state index contributed by atoms with van der Waals surface area (Å²) < 4.78 is 30.0. The molecule has 154 valence electrons. The monoisotopic (exact) mass is 403 g/mol. The van der Waals surface area contributed by atoms with Crippen LogP contribution in [-0.4, -0.2) is 38.5 Å². The van der Waals surface area contributed by atoms with Gasteiger partial charge in [0.05, 0.1) is 5.69 Å². The Morgan fingerprint density at radius 1 is 0.857 bits per heavy atom. The molecule has 5 nitrogen and oxygen atoms in total. The van der Waals surface area contributed by atoms with Crippen molar-refractivity contribution in [2.45, 2.75) is 76.4 Å². The molecule has 5 rings (SSSR count). The van der Waals surface area contributed by atoms with Crippen LogP contribution in [-0.2, 0) is 16.8 Å². The van der Waals surface area contributed by atoms with Gasteiger partial charge in [-0.15, -0.1) is 0 Å². The molecule has 0 aromatic heterocycles. The molecule has 0 spiro atoms. The number of anilines is 1. The first-order valence-electron chi connectivity index (χ1n) is 11.2. The Morgan fingerprint density at radius 3 is 2.43 bits per heavy atom. The van der Waals surface area contributed by atoms with Crippen molar-refractivity contribution < 1.29 is 8.42 Å². The molecule has 1 aromatic carbocycles. The van der Waals surface area contributed by atoms with Crippen molar-refractivity contribution in [1.29, 1.82) is 0 Å². The van der Waals surface area contributed by atoms with Gasteiger partial charge < -0.3 is 4.90 Å². The van der Waals surface area contributed by atoms with Crippen molar-refractivity contribution in [1.82, 2.24) is 9.62 Å². The zero-order valence-corrected chi connectivity index (χ0v) is 17.5. The second-order valence-corrected chi connectivity index (χ2v) is 10.9. The lowest BCUT2D eigenvalue weighted by molar-refractivity contribution is 0.0597. The van der Waals surface area contributed by atoms with E-state index in [0.717, 1.165) is 55.1 Å². The number of likely N-dealkylation sites (tertiary alicyclic amines) is 1. The number of hydrogen-bond donors (Lipinski definition) is 1. The minimum atomic E-state index is -3.43. The number of hydrogen-bond acceptors (Lipinski definition) is 3. The lowest BCUT2D eigenvalue weighted by atomic mass is 9.69. The molecule has 3 unspecified atom stereocenters. The zero-order chi connectivity index (χ0) is 19.1. The number of fused-ring (bicyclic) bond motifs is 2. The molecule has 0 radical (unpaired) electrons. The Bertz CT molecular complexity index is 804. The summed E-state index contributed by atoms with van der Waals surface area (Å²) in [4.78, 5) is 2.68. The van der Waals surface area contributed by atoms with Crippen LogP contribution in [0.3, 0.4) is 0 Å². The normalized spacial score (nSPS) is 33.9. The van der Waals surface area contributed by atoms with Gasteiger partial charge in [-0.2, -0.15) is 13.1 Å². The third-order valence-electron chi connectivity index (χ3n) is 7.79. The van der Waals surface area contributed by atoms with Gasteiger partial charge in [0.25, 0.3) is 0 Å². The predicted molar refractivity (Wildman–Crippen MR) is 112 cm³/mol. The molecule has 3 fully saturated rings. The number of para-hydroxylation sites is 1. The van der Waals surface area contributed by atoms with Gasteiger partial charge in [0, 0.05) is 31.7 Å². The van der Waals surface area contributed by atoms with Crippen molar-refractivity contribution in [2.24, 2.45) is 11.8 Å². The summed E-state index contributed by atoms with van der Waals surface area (Å²) in [6.07, 6.45) is 11.8. The first-order chi connectivity index (χ1) is 13.6. The Morgan fingerprint density at radius 2 is 1.61 bits per heavy atom. The summed E-state index contributed by atoms with van der Waals surface area (Å²) in [5.41, 5.74) is 1.96. The molecule has 6 heteroatoms. The van der Waals surface area contributed by atoms with Gasteiger partial charge in [-0.1, -0.05) is 43.9 Å². The first-order valence-corrected chi connectivity index (χ1v) is 12.7. The SMILES string of the molecule is O=S1(=O)NCc2ccccc2N1C1CCN(C2CCC3CCCCC3C2)CC1. The molecule has 0 amide bonds. The third kappa shape index (κ3) is 3.48. The van der Waals surface area contributed by atoms with Crippen LogP contribution >= 0.6 is 0 Å². The highest BCUT2D eigenvalue weighted by Gasteiger charge is 2.39. The molecule has 2 heterocycles. The van der Waals surface area contributed by atoms with Gasteiger partial charge in [0.15, 0.2) is 0 Å². The molecule has 4 aliphatic rings. The summed E-state index contributed by atoms with van der Waals surface area (Å²) in [6.45, 7) is 2.46.